The number of nitrogens with two attached hydrogens (primary N) is 1. The zero-order chi connectivity index (χ0) is 14.4. The number of hydrogen-bond acceptors (Lipinski definition) is 6. The highest BCUT2D eigenvalue weighted by atomic mass is 16.5. The Morgan fingerprint density at radius 1 is 1.53 bits per heavy atom. The summed E-state index contributed by atoms with van der Waals surface area (Å²) in [7, 11) is 1.48. The van der Waals surface area contributed by atoms with E-state index in [2.05, 4.69) is 10.3 Å². The molecule has 5 N–H and O–H groups in total. The largest absolute Gasteiger partial charge is 0.394 e. The number of ether oxygens (including phenoxy) is 1. The van der Waals surface area contributed by atoms with E-state index < -0.39 is 17.3 Å². The lowest BCUT2D eigenvalue weighted by Gasteiger charge is -2.18. The van der Waals surface area contributed by atoms with Crippen molar-refractivity contribution in [2.45, 2.75) is 25.9 Å². The Morgan fingerprint density at radius 2 is 2.21 bits per heavy atom. The summed E-state index contributed by atoms with van der Waals surface area (Å²) in [5.74, 6) is 0.0603. The van der Waals surface area contributed by atoms with Crippen molar-refractivity contribution >= 4 is 11.5 Å². The Bertz CT molecular complexity index is 522. The summed E-state index contributed by atoms with van der Waals surface area (Å²) in [6.07, 6.45) is 0.705. The van der Waals surface area contributed by atoms with Gasteiger partial charge in [-0.15, -0.1) is 0 Å². The third-order valence-corrected chi connectivity index (χ3v) is 2.62. The number of nitrogen functional groups attached to an aromatic ring is 1. The first-order chi connectivity index (χ1) is 9.04. The summed E-state index contributed by atoms with van der Waals surface area (Å²) in [5, 5.41) is 12.0. The molecule has 108 valence electrons. The van der Waals surface area contributed by atoms with Gasteiger partial charge in [0.25, 0.3) is 5.56 Å². The summed E-state index contributed by atoms with van der Waals surface area (Å²) < 4.78 is 6.19. The molecule has 0 aliphatic carbocycles. The van der Waals surface area contributed by atoms with E-state index in [9.17, 15) is 9.59 Å². The number of aliphatic hydroxyl groups is 1. The fourth-order valence-corrected chi connectivity index (χ4v) is 1.72. The van der Waals surface area contributed by atoms with Crippen molar-refractivity contribution < 1.29 is 9.84 Å². The smallest absolute Gasteiger partial charge is 0.330 e. The van der Waals surface area contributed by atoms with E-state index in [0.717, 1.165) is 0 Å². The third kappa shape index (κ3) is 3.58. The lowest BCUT2D eigenvalue weighted by atomic mass is 10.3. The van der Waals surface area contributed by atoms with Crippen LogP contribution in [-0.4, -0.2) is 41.0 Å². The van der Waals surface area contributed by atoms with Gasteiger partial charge in [-0.05, 0) is 6.42 Å². The van der Waals surface area contributed by atoms with Gasteiger partial charge in [0.05, 0.1) is 19.3 Å². The Kier molecular flexibility index (Phi) is 5.58. The fraction of sp³-hybridized carbons (Fsp3) is 0.636. The molecular formula is C11H20N4O4. The SMILES string of the molecule is CCCn1c(N)c(NC(CO)COC)c(=O)[nH]c1=O. The second-order valence-corrected chi connectivity index (χ2v) is 4.15. The molecule has 0 aliphatic heterocycles. The molecule has 8 heteroatoms. The van der Waals surface area contributed by atoms with E-state index >= 15 is 0 Å². The van der Waals surface area contributed by atoms with E-state index in [4.69, 9.17) is 15.6 Å². The first kappa shape index (κ1) is 15.3. The molecule has 1 unspecified atom stereocenters. The highest BCUT2D eigenvalue weighted by Crippen LogP contribution is 2.11. The summed E-state index contributed by atoms with van der Waals surface area (Å²) in [6, 6.07) is -0.471. The van der Waals surface area contributed by atoms with Crippen LogP contribution in [0, 0.1) is 0 Å². The molecule has 1 atom stereocenters. The predicted octanol–water partition coefficient (Wildman–Crippen LogP) is -1.05. The van der Waals surface area contributed by atoms with Crippen LogP contribution in [0.3, 0.4) is 0 Å². The predicted molar refractivity (Wildman–Crippen MR) is 72.4 cm³/mol. The second kappa shape index (κ2) is 6.95. The zero-order valence-corrected chi connectivity index (χ0v) is 11.1. The maximum absolute atomic E-state index is 11.7. The average molecular weight is 272 g/mol. The standard InChI is InChI=1S/C11H20N4O4/c1-3-4-15-9(12)8(10(17)14-11(15)18)13-7(5-16)6-19-2/h7,13,16H,3-6,12H2,1-2H3,(H,14,17,18). The van der Waals surface area contributed by atoms with Gasteiger partial charge >= 0.3 is 5.69 Å². The Balaban J connectivity index is 3.16. The molecule has 0 saturated carbocycles. The molecule has 1 rings (SSSR count). The molecular weight excluding hydrogens is 252 g/mol. The average Bonchev–Trinajstić information content (AvgIpc) is 2.38. The number of hydrogen-bond donors (Lipinski definition) is 4. The quantitative estimate of drug-likeness (QED) is 0.502. The second-order valence-electron chi connectivity index (χ2n) is 4.15. The van der Waals surface area contributed by atoms with Gasteiger partial charge in [-0.25, -0.2) is 4.79 Å². The van der Waals surface area contributed by atoms with Gasteiger partial charge < -0.3 is 20.9 Å². The van der Waals surface area contributed by atoms with Gasteiger partial charge in [-0.3, -0.25) is 14.3 Å². The van der Waals surface area contributed by atoms with Crippen molar-refractivity contribution in [3.05, 3.63) is 20.8 Å². The van der Waals surface area contributed by atoms with Crippen LogP contribution in [0.4, 0.5) is 11.5 Å². The van der Waals surface area contributed by atoms with Crippen molar-refractivity contribution in [2.75, 3.05) is 31.4 Å². The minimum Gasteiger partial charge on any atom is -0.394 e. The third-order valence-electron chi connectivity index (χ3n) is 2.62. The summed E-state index contributed by atoms with van der Waals surface area (Å²) in [6.45, 7) is 2.29. The normalized spacial score (nSPS) is 12.4. The van der Waals surface area contributed by atoms with Crippen molar-refractivity contribution in [2.24, 2.45) is 0 Å². The molecule has 0 amide bonds. The van der Waals surface area contributed by atoms with Crippen molar-refractivity contribution in [1.82, 2.24) is 9.55 Å². The zero-order valence-electron chi connectivity index (χ0n) is 11.1. The number of H-pyrrole nitrogens is 1. The van der Waals surface area contributed by atoms with E-state index in [-0.39, 0.29) is 24.7 Å². The summed E-state index contributed by atoms with van der Waals surface area (Å²) in [4.78, 5) is 25.5. The summed E-state index contributed by atoms with van der Waals surface area (Å²) >= 11 is 0. The van der Waals surface area contributed by atoms with Gasteiger partial charge in [-0.2, -0.15) is 0 Å². The van der Waals surface area contributed by atoms with Crippen LogP contribution in [-0.2, 0) is 11.3 Å². The first-order valence-corrected chi connectivity index (χ1v) is 6.04. The van der Waals surface area contributed by atoms with Crippen molar-refractivity contribution in [3.63, 3.8) is 0 Å². The van der Waals surface area contributed by atoms with Crippen LogP contribution in [0.25, 0.3) is 0 Å². The minimum atomic E-state index is -0.607. The molecule has 0 radical (unpaired) electrons. The lowest BCUT2D eigenvalue weighted by Crippen LogP contribution is -2.38. The number of methoxy groups -OCH3 is 1. The van der Waals surface area contributed by atoms with Gasteiger partial charge in [0.15, 0.2) is 0 Å². The van der Waals surface area contributed by atoms with Crippen LogP contribution in [0.15, 0.2) is 9.59 Å². The number of nitrogens with one attached hydrogen (secondary N) is 2. The van der Waals surface area contributed by atoms with Crippen molar-refractivity contribution in [1.29, 1.82) is 0 Å². The van der Waals surface area contributed by atoms with Gasteiger partial charge in [0.2, 0.25) is 0 Å². The summed E-state index contributed by atoms with van der Waals surface area (Å²) in [5.41, 5.74) is 4.75. The topological polar surface area (TPSA) is 122 Å². The van der Waals surface area contributed by atoms with Crippen molar-refractivity contribution in [3.8, 4) is 0 Å². The van der Waals surface area contributed by atoms with E-state index in [1.54, 1.807) is 0 Å². The molecule has 0 aromatic carbocycles. The number of aromatic amines is 1. The molecule has 1 aromatic rings. The lowest BCUT2D eigenvalue weighted by molar-refractivity contribution is 0.153. The Morgan fingerprint density at radius 3 is 2.74 bits per heavy atom. The van der Waals surface area contributed by atoms with E-state index in [1.807, 2.05) is 6.92 Å². The highest BCUT2D eigenvalue weighted by Gasteiger charge is 2.15. The molecule has 1 heterocycles. The number of aromatic nitrogens is 2. The van der Waals surface area contributed by atoms with E-state index in [1.165, 1.54) is 11.7 Å². The monoisotopic (exact) mass is 272 g/mol. The molecule has 0 spiro atoms. The Labute approximate surface area is 110 Å². The van der Waals surface area contributed by atoms with Crippen LogP contribution in [0.2, 0.25) is 0 Å². The number of nitrogens with zero attached hydrogens (tertiary/aromatic N) is 1. The van der Waals surface area contributed by atoms with E-state index in [0.29, 0.717) is 13.0 Å². The first-order valence-electron chi connectivity index (χ1n) is 6.04. The number of anilines is 2. The van der Waals surface area contributed by atoms with Gasteiger partial charge in [0.1, 0.15) is 11.5 Å². The molecule has 8 nitrogen and oxygen atoms in total. The van der Waals surface area contributed by atoms with Gasteiger partial charge in [0, 0.05) is 13.7 Å². The molecule has 0 saturated heterocycles. The number of aliphatic hydroxyl groups excluding tert-OH is 1. The molecule has 1 aromatic heterocycles. The van der Waals surface area contributed by atoms with Crippen LogP contribution >= 0.6 is 0 Å². The van der Waals surface area contributed by atoms with Gasteiger partial charge in [-0.1, -0.05) is 6.92 Å². The molecule has 0 fully saturated rings. The fourth-order valence-electron chi connectivity index (χ4n) is 1.72. The molecule has 19 heavy (non-hydrogen) atoms. The van der Waals surface area contributed by atoms with Crippen LogP contribution in [0.1, 0.15) is 13.3 Å². The maximum atomic E-state index is 11.7. The highest BCUT2D eigenvalue weighted by molar-refractivity contribution is 5.60. The maximum Gasteiger partial charge on any atom is 0.330 e. The van der Waals surface area contributed by atoms with Crippen LogP contribution in [0.5, 0.6) is 0 Å². The minimum absolute atomic E-state index is 0.0603. The Hall–Kier alpha value is -1.80. The molecule has 0 bridgehead atoms. The van der Waals surface area contributed by atoms with Crippen LogP contribution < -0.4 is 22.3 Å². The molecule has 0 aliphatic rings. The number of rotatable bonds is 7.